The largest absolute Gasteiger partial charge is 0.493 e. The Morgan fingerprint density at radius 3 is 2.58 bits per heavy atom. The Bertz CT molecular complexity index is 1050. The van der Waals surface area contributed by atoms with Crippen molar-refractivity contribution in [2.75, 3.05) is 11.9 Å². The van der Waals surface area contributed by atoms with E-state index in [1.807, 2.05) is 0 Å². The summed E-state index contributed by atoms with van der Waals surface area (Å²) in [5.41, 5.74) is -0.628. The van der Waals surface area contributed by atoms with E-state index in [4.69, 9.17) is 4.74 Å². The van der Waals surface area contributed by atoms with E-state index in [1.165, 1.54) is 7.05 Å². The SMILES string of the molecule is CN(C(=O)OC(C)(C)C)c1cc(F)c(F)c2c1[nH]c1nc(S)nc(O)c12. The van der Waals surface area contributed by atoms with Crippen LogP contribution in [0, 0.1) is 11.6 Å². The van der Waals surface area contributed by atoms with Crippen LogP contribution in [0.15, 0.2) is 11.2 Å². The zero-order chi connectivity index (χ0) is 19.4. The molecule has 26 heavy (non-hydrogen) atoms. The van der Waals surface area contributed by atoms with Gasteiger partial charge in [-0.3, -0.25) is 4.90 Å². The minimum absolute atomic E-state index is 0.0197. The number of amides is 1. The molecule has 3 aromatic rings. The highest BCUT2D eigenvalue weighted by atomic mass is 32.1. The predicted molar refractivity (Wildman–Crippen MR) is 94.9 cm³/mol. The van der Waals surface area contributed by atoms with E-state index in [0.29, 0.717) is 0 Å². The molecule has 2 aromatic heterocycles. The fourth-order valence-electron chi connectivity index (χ4n) is 2.54. The molecular formula is C16H16F2N4O3S. The van der Waals surface area contributed by atoms with Crippen LogP contribution in [-0.4, -0.2) is 38.8 Å². The van der Waals surface area contributed by atoms with Crippen molar-refractivity contribution in [1.82, 2.24) is 15.0 Å². The lowest BCUT2D eigenvalue weighted by molar-refractivity contribution is 0.0589. The number of carbonyl (C=O) groups is 1. The summed E-state index contributed by atoms with van der Waals surface area (Å²) >= 11 is 3.95. The normalized spacial score (nSPS) is 12.0. The van der Waals surface area contributed by atoms with Crippen molar-refractivity contribution in [3.63, 3.8) is 0 Å². The first-order valence-corrected chi connectivity index (χ1v) is 8.00. The summed E-state index contributed by atoms with van der Waals surface area (Å²) in [4.78, 5) is 23.7. The highest BCUT2D eigenvalue weighted by Gasteiger charge is 2.27. The number of H-pyrrole nitrogens is 1. The third-order valence-electron chi connectivity index (χ3n) is 3.60. The van der Waals surface area contributed by atoms with Crippen LogP contribution in [0.3, 0.4) is 0 Å². The zero-order valence-corrected chi connectivity index (χ0v) is 15.3. The molecule has 3 rings (SSSR count). The van der Waals surface area contributed by atoms with Crippen LogP contribution >= 0.6 is 12.6 Å². The van der Waals surface area contributed by atoms with E-state index in [2.05, 4.69) is 27.6 Å². The van der Waals surface area contributed by atoms with Gasteiger partial charge in [0.2, 0.25) is 5.88 Å². The maximum Gasteiger partial charge on any atom is 0.414 e. The number of rotatable bonds is 1. The monoisotopic (exact) mass is 382 g/mol. The first-order chi connectivity index (χ1) is 12.0. The molecule has 0 bridgehead atoms. The van der Waals surface area contributed by atoms with Gasteiger partial charge in [-0.05, 0) is 20.8 Å². The zero-order valence-electron chi connectivity index (χ0n) is 14.4. The van der Waals surface area contributed by atoms with Gasteiger partial charge in [-0.2, -0.15) is 4.98 Å². The average Bonchev–Trinajstić information content (AvgIpc) is 2.88. The molecule has 0 aliphatic carbocycles. The molecule has 0 aliphatic heterocycles. The number of ether oxygens (including phenoxy) is 1. The summed E-state index contributed by atoms with van der Waals surface area (Å²) < 4.78 is 33.9. The number of nitrogens with zero attached hydrogens (tertiary/aromatic N) is 3. The number of fused-ring (bicyclic) bond motifs is 3. The van der Waals surface area contributed by atoms with Gasteiger partial charge in [-0.1, -0.05) is 0 Å². The lowest BCUT2D eigenvalue weighted by Gasteiger charge is -2.25. The van der Waals surface area contributed by atoms with Crippen molar-refractivity contribution in [3.8, 4) is 5.88 Å². The Balaban J connectivity index is 2.29. The van der Waals surface area contributed by atoms with Crippen molar-refractivity contribution in [1.29, 1.82) is 0 Å². The molecule has 0 atom stereocenters. The summed E-state index contributed by atoms with van der Waals surface area (Å²) in [5, 5.41) is 9.61. The van der Waals surface area contributed by atoms with Gasteiger partial charge >= 0.3 is 6.09 Å². The second-order valence-corrected chi connectivity index (χ2v) is 7.08. The van der Waals surface area contributed by atoms with Crippen LogP contribution in [0.5, 0.6) is 5.88 Å². The maximum atomic E-state index is 14.4. The van der Waals surface area contributed by atoms with E-state index < -0.39 is 29.2 Å². The van der Waals surface area contributed by atoms with Crippen molar-refractivity contribution in [2.45, 2.75) is 31.5 Å². The van der Waals surface area contributed by atoms with Crippen molar-refractivity contribution < 1.29 is 23.4 Å². The van der Waals surface area contributed by atoms with Crippen LogP contribution in [0.4, 0.5) is 19.3 Å². The Morgan fingerprint density at radius 1 is 1.31 bits per heavy atom. The minimum Gasteiger partial charge on any atom is -0.493 e. The number of hydrogen-bond acceptors (Lipinski definition) is 6. The van der Waals surface area contributed by atoms with Gasteiger partial charge < -0.3 is 14.8 Å². The number of aromatic amines is 1. The molecule has 2 heterocycles. The molecule has 138 valence electrons. The maximum absolute atomic E-state index is 14.4. The lowest BCUT2D eigenvalue weighted by Crippen LogP contribution is -2.34. The lowest BCUT2D eigenvalue weighted by atomic mass is 10.1. The molecule has 0 saturated heterocycles. The number of nitrogens with one attached hydrogen (secondary N) is 1. The molecule has 0 spiro atoms. The minimum atomic E-state index is -1.20. The van der Waals surface area contributed by atoms with Crippen LogP contribution in [0.25, 0.3) is 21.9 Å². The second kappa shape index (κ2) is 5.97. The van der Waals surface area contributed by atoms with E-state index >= 15 is 0 Å². The van der Waals surface area contributed by atoms with Crippen LogP contribution in [0.2, 0.25) is 0 Å². The summed E-state index contributed by atoms with van der Waals surface area (Å²) in [6, 6.07) is 0.864. The Kier molecular flexibility index (Phi) is 4.18. The second-order valence-electron chi connectivity index (χ2n) is 6.68. The fourth-order valence-corrected chi connectivity index (χ4v) is 2.74. The third-order valence-corrected chi connectivity index (χ3v) is 3.80. The number of carbonyl (C=O) groups excluding carboxylic acids is 1. The van der Waals surface area contributed by atoms with Gasteiger partial charge in [-0.15, -0.1) is 12.6 Å². The summed E-state index contributed by atoms with van der Waals surface area (Å²) in [5.74, 6) is -2.95. The van der Waals surface area contributed by atoms with E-state index in [9.17, 15) is 18.7 Å². The molecule has 7 nitrogen and oxygen atoms in total. The number of halogens is 2. The van der Waals surface area contributed by atoms with E-state index in [-0.39, 0.29) is 32.8 Å². The number of hydrogen-bond donors (Lipinski definition) is 3. The first kappa shape index (κ1) is 18.2. The molecule has 10 heteroatoms. The number of benzene rings is 1. The van der Waals surface area contributed by atoms with Crippen LogP contribution < -0.4 is 4.90 Å². The molecular weight excluding hydrogens is 366 g/mol. The quantitative estimate of drug-likeness (QED) is 0.440. The van der Waals surface area contributed by atoms with Gasteiger partial charge in [-0.25, -0.2) is 18.6 Å². The van der Waals surface area contributed by atoms with Crippen molar-refractivity contribution in [3.05, 3.63) is 17.7 Å². The average molecular weight is 382 g/mol. The predicted octanol–water partition coefficient (Wildman–Crippen LogP) is 3.75. The van der Waals surface area contributed by atoms with Crippen molar-refractivity contribution >= 4 is 46.3 Å². The molecule has 0 saturated carbocycles. The Hall–Kier alpha value is -2.62. The molecule has 2 N–H and O–H groups in total. The molecule has 0 fully saturated rings. The number of thiol groups is 1. The molecule has 0 radical (unpaired) electrons. The first-order valence-electron chi connectivity index (χ1n) is 7.55. The van der Waals surface area contributed by atoms with Gasteiger partial charge in [0.15, 0.2) is 16.8 Å². The topological polar surface area (TPSA) is 91.3 Å². The van der Waals surface area contributed by atoms with Crippen molar-refractivity contribution in [2.24, 2.45) is 0 Å². The standard InChI is InChI=1S/C16H16F2N4O3S/c1-16(2,3)25-15(24)22(4)7-5-6(17)10(18)8-9-12(19-11(7)8)20-14(26)21-13(9)23/h5H,1-4H3,(H3,19,20,21,23,26). The third kappa shape index (κ3) is 3.00. The number of anilines is 1. The van der Waals surface area contributed by atoms with Crippen LogP contribution in [-0.2, 0) is 4.74 Å². The fraction of sp³-hybridized carbons (Fsp3) is 0.312. The van der Waals surface area contributed by atoms with E-state index in [0.717, 1.165) is 11.0 Å². The van der Waals surface area contributed by atoms with Crippen LogP contribution in [0.1, 0.15) is 20.8 Å². The smallest absolute Gasteiger partial charge is 0.414 e. The summed E-state index contributed by atoms with van der Waals surface area (Å²) in [7, 11) is 1.36. The van der Waals surface area contributed by atoms with Gasteiger partial charge in [0.05, 0.1) is 22.0 Å². The Morgan fingerprint density at radius 2 is 1.96 bits per heavy atom. The number of aromatic hydroxyl groups is 1. The summed E-state index contributed by atoms with van der Waals surface area (Å²) in [6.07, 6.45) is -0.756. The molecule has 1 amide bonds. The van der Waals surface area contributed by atoms with Gasteiger partial charge in [0.25, 0.3) is 0 Å². The highest BCUT2D eigenvalue weighted by molar-refractivity contribution is 7.80. The Labute approximate surface area is 152 Å². The molecule has 0 aliphatic rings. The van der Waals surface area contributed by atoms with E-state index in [1.54, 1.807) is 20.8 Å². The number of aromatic nitrogens is 3. The summed E-state index contributed by atoms with van der Waals surface area (Å²) in [6.45, 7) is 5.05. The highest BCUT2D eigenvalue weighted by Crippen LogP contribution is 2.38. The molecule has 1 aromatic carbocycles. The van der Waals surface area contributed by atoms with Gasteiger partial charge in [0.1, 0.15) is 11.2 Å². The molecule has 0 unspecified atom stereocenters. The van der Waals surface area contributed by atoms with Gasteiger partial charge in [0, 0.05) is 13.1 Å².